The van der Waals surface area contributed by atoms with Crippen LogP contribution in [-0.4, -0.2) is 28.2 Å². The third kappa shape index (κ3) is 4.05. The van der Waals surface area contributed by atoms with Gasteiger partial charge in [0.05, 0.1) is 34.0 Å². The minimum Gasteiger partial charge on any atom is -0.463 e. The maximum absolute atomic E-state index is 13.2. The second-order valence-corrected chi connectivity index (χ2v) is 8.41. The molecule has 2 aliphatic rings. The average Bonchev–Trinajstić information content (AvgIpc) is 2.65. The predicted octanol–water partition coefficient (Wildman–Crippen LogP) is 3.67. The third-order valence-corrected chi connectivity index (χ3v) is 5.47. The summed E-state index contributed by atoms with van der Waals surface area (Å²) in [6.07, 6.45) is 0.721. The minimum atomic E-state index is -1.06. The molecule has 31 heavy (non-hydrogen) atoms. The van der Waals surface area contributed by atoms with Crippen molar-refractivity contribution in [3.63, 3.8) is 0 Å². The monoisotopic (exact) mass is 429 g/mol. The Morgan fingerprint density at radius 3 is 2.48 bits per heavy atom. The van der Waals surface area contributed by atoms with Crippen LogP contribution in [0.2, 0.25) is 0 Å². The van der Waals surface area contributed by atoms with Crippen molar-refractivity contribution in [3.05, 3.63) is 66.5 Å². The first-order valence-corrected chi connectivity index (χ1v) is 9.80. The molecule has 0 bridgehead atoms. The molecule has 1 aromatic carbocycles. The number of dihydropyridines is 1. The number of nitrogens with one attached hydrogen (secondary N) is 1. The molecule has 1 aromatic rings. The van der Waals surface area contributed by atoms with Crippen molar-refractivity contribution in [3.8, 4) is 0 Å². The van der Waals surface area contributed by atoms with Crippen LogP contribution < -0.4 is 5.32 Å². The van der Waals surface area contributed by atoms with Crippen LogP contribution in [0.4, 0.5) is 11.4 Å². The van der Waals surface area contributed by atoms with Crippen molar-refractivity contribution >= 4 is 23.1 Å². The molecular weight excluding hydrogens is 406 g/mol. The fourth-order valence-corrected chi connectivity index (χ4v) is 4.27. The zero-order valence-corrected chi connectivity index (χ0v) is 17.7. The second-order valence-electron chi connectivity index (χ2n) is 8.41. The average molecular weight is 429 g/mol. The number of Topliss-reactive ketones (excluding diaryl/α,β-unsaturated/α-hetero) is 1. The van der Waals surface area contributed by atoms with E-state index in [1.807, 2.05) is 13.8 Å². The molecule has 164 valence electrons. The van der Waals surface area contributed by atoms with Gasteiger partial charge in [-0.15, -0.1) is 0 Å². The molecule has 0 spiro atoms. The summed E-state index contributed by atoms with van der Waals surface area (Å²) in [5.41, 5.74) is 0.130. The summed E-state index contributed by atoms with van der Waals surface area (Å²) in [4.78, 5) is 47.5. The molecule has 1 heterocycles. The molecular formula is C21H23N3O7. The summed E-state index contributed by atoms with van der Waals surface area (Å²) in [6, 6.07) is 3.24. The molecule has 1 aliphatic heterocycles. The Bertz CT molecular complexity index is 1070. The number of ketones is 1. The highest BCUT2D eigenvalue weighted by Crippen LogP contribution is 2.48. The Morgan fingerprint density at radius 2 is 1.90 bits per heavy atom. The van der Waals surface area contributed by atoms with Crippen LogP contribution in [0, 0.1) is 25.6 Å². The topological polar surface area (TPSA) is 142 Å². The summed E-state index contributed by atoms with van der Waals surface area (Å²) >= 11 is 0. The number of allylic oxidation sites excluding steroid dienone is 3. The molecule has 0 radical (unpaired) electrons. The number of esters is 1. The van der Waals surface area contributed by atoms with Gasteiger partial charge >= 0.3 is 5.97 Å². The first-order chi connectivity index (χ1) is 14.5. The smallest absolute Gasteiger partial charge is 0.336 e. The van der Waals surface area contributed by atoms with Crippen LogP contribution in [0.3, 0.4) is 0 Å². The Kier molecular flexibility index (Phi) is 5.66. The van der Waals surface area contributed by atoms with Gasteiger partial charge in [0.1, 0.15) is 0 Å². The van der Waals surface area contributed by atoms with E-state index in [4.69, 9.17) is 4.74 Å². The van der Waals surface area contributed by atoms with Gasteiger partial charge in [-0.2, -0.15) is 0 Å². The molecule has 1 aliphatic carbocycles. The molecule has 10 nitrogen and oxygen atoms in total. The molecule has 0 fully saturated rings. The summed E-state index contributed by atoms with van der Waals surface area (Å²) in [5, 5.41) is 26.1. The normalized spacial score (nSPS) is 20.1. The van der Waals surface area contributed by atoms with E-state index < -0.39 is 33.1 Å². The molecule has 0 saturated carbocycles. The SMILES string of the molecule is CCOC(=O)C1=C(C)NC2=C(C(=O)CC(C)(C)C2)C1c1ccc([N+](=O)[O-])cc1[N+](=O)[O-]. The third-order valence-electron chi connectivity index (χ3n) is 5.47. The summed E-state index contributed by atoms with van der Waals surface area (Å²) in [6.45, 7) is 7.25. The number of nitrogens with zero attached hydrogens (tertiary/aromatic N) is 2. The number of nitro benzene ring substituents is 2. The minimum absolute atomic E-state index is 0.0417. The molecule has 0 saturated heterocycles. The number of hydrogen-bond acceptors (Lipinski definition) is 8. The molecule has 3 rings (SSSR count). The van der Waals surface area contributed by atoms with Crippen molar-refractivity contribution in [1.29, 1.82) is 0 Å². The van der Waals surface area contributed by atoms with E-state index in [0.29, 0.717) is 17.8 Å². The van der Waals surface area contributed by atoms with Crippen LogP contribution in [0.1, 0.15) is 52.0 Å². The highest BCUT2D eigenvalue weighted by atomic mass is 16.6. The highest BCUT2D eigenvalue weighted by Gasteiger charge is 2.45. The van der Waals surface area contributed by atoms with Gasteiger partial charge in [0.2, 0.25) is 0 Å². The van der Waals surface area contributed by atoms with E-state index in [2.05, 4.69) is 5.32 Å². The number of hydrogen-bond donors (Lipinski definition) is 1. The maximum atomic E-state index is 13.2. The van der Waals surface area contributed by atoms with Gasteiger partial charge in [-0.05, 0) is 31.7 Å². The number of carbonyl (C=O) groups excluding carboxylic acids is 2. The lowest BCUT2D eigenvalue weighted by Gasteiger charge is -2.39. The van der Waals surface area contributed by atoms with Gasteiger partial charge in [-0.3, -0.25) is 25.0 Å². The van der Waals surface area contributed by atoms with Crippen LogP contribution in [0.25, 0.3) is 0 Å². The molecule has 0 amide bonds. The number of nitro groups is 2. The van der Waals surface area contributed by atoms with Crippen LogP contribution in [-0.2, 0) is 14.3 Å². The number of benzene rings is 1. The van der Waals surface area contributed by atoms with Crippen LogP contribution >= 0.6 is 0 Å². The van der Waals surface area contributed by atoms with Crippen molar-refractivity contribution in [2.75, 3.05) is 6.61 Å². The summed E-state index contributed by atoms with van der Waals surface area (Å²) in [5.74, 6) is -1.99. The second kappa shape index (κ2) is 7.93. The fraction of sp³-hybridized carbons (Fsp3) is 0.429. The highest BCUT2D eigenvalue weighted by molar-refractivity contribution is 6.04. The van der Waals surface area contributed by atoms with Crippen molar-refractivity contribution in [2.24, 2.45) is 5.41 Å². The largest absolute Gasteiger partial charge is 0.463 e. The first-order valence-electron chi connectivity index (χ1n) is 9.80. The molecule has 10 heteroatoms. The zero-order valence-electron chi connectivity index (χ0n) is 17.7. The van der Waals surface area contributed by atoms with E-state index in [1.165, 1.54) is 6.07 Å². The lowest BCUT2D eigenvalue weighted by Crippen LogP contribution is -2.38. The van der Waals surface area contributed by atoms with Crippen molar-refractivity contribution in [2.45, 2.75) is 46.5 Å². The van der Waals surface area contributed by atoms with Gasteiger partial charge in [0.15, 0.2) is 5.78 Å². The zero-order chi connectivity index (χ0) is 23.1. The molecule has 1 atom stereocenters. The quantitative estimate of drug-likeness (QED) is 0.424. The molecule has 0 aromatic heterocycles. The van der Waals surface area contributed by atoms with Crippen molar-refractivity contribution < 1.29 is 24.2 Å². The van der Waals surface area contributed by atoms with E-state index in [-0.39, 0.29) is 40.9 Å². The van der Waals surface area contributed by atoms with Gasteiger partial charge in [-0.1, -0.05) is 13.8 Å². The van der Waals surface area contributed by atoms with E-state index in [0.717, 1.165) is 12.1 Å². The molecule has 1 unspecified atom stereocenters. The lowest BCUT2D eigenvalue weighted by molar-refractivity contribution is -0.394. The summed E-state index contributed by atoms with van der Waals surface area (Å²) in [7, 11) is 0. The standard InChI is InChI=1S/C21H23N3O7/c1-5-31-20(26)17-11(2)22-14-9-21(3,4)10-16(25)19(14)18(17)13-7-6-12(23(27)28)8-15(13)24(29)30/h6-8,18,22H,5,9-10H2,1-4H3. The number of ether oxygens (including phenoxy) is 1. The van der Waals surface area contributed by atoms with E-state index in [9.17, 15) is 29.8 Å². The first kappa shape index (κ1) is 22.1. The maximum Gasteiger partial charge on any atom is 0.336 e. The van der Waals surface area contributed by atoms with E-state index >= 15 is 0 Å². The Hall–Kier alpha value is -3.56. The number of carbonyl (C=O) groups is 2. The number of rotatable bonds is 5. The Morgan fingerprint density at radius 1 is 1.23 bits per heavy atom. The van der Waals surface area contributed by atoms with Crippen LogP contribution in [0.5, 0.6) is 0 Å². The molecule has 1 N–H and O–H groups in total. The Labute approximate surface area is 178 Å². The number of non-ortho nitro benzene ring substituents is 1. The van der Waals surface area contributed by atoms with Gasteiger partial charge in [0.25, 0.3) is 11.4 Å². The Balaban J connectivity index is 2.30. The van der Waals surface area contributed by atoms with Gasteiger partial charge in [0, 0.05) is 35.0 Å². The summed E-state index contributed by atoms with van der Waals surface area (Å²) < 4.78 is 5.17. The fourth-order valence-electron chi connectivity index (χ4n) is 4.27. The van der Waals surface area contributed by atoms with Gasteiger partial charge in [-0.25, -0.2) is 4.79 Å². The van der Waals surface area contributed by atoms with Gasteiger partial charge < -0.3 is 10.1 Å². The lowest BCUT2D eigenvalue weighted by atomic mass is 9.68. The van der Waals surface area contributed by atoms with Crippen molar-refractivity contribution in [1.82, 2.24) is 5.32 Å². The van der Waals surface area contributed by atoms with Crippen LogP contribution in [0.15, 0.2) is 40.7 Å². The van der Waals surface area contributed by atoms with E-state index in [1.54, 1.807) is 13.8 Å². The predicted molar refractivity (Wildman–Crippen MR) is 110 cm³/mol.